The van der Waals surface area contributed by atoms with Crippen LogP contribution in [0.2, 0.25) is 0 Å². The molecule has 0 saturated heterocycles. The molecule has 0 unspecified atom stereocenters. The van der Waals surface area contributed by atoms with E-state index >= 15 is 0 Å². The van der Waals surface area contributed by atoms with E-state index in [9.17, 15) is 4.79 Å². The lowest BCUT2D eigenvalue weighted by Gasteiger charge is -2.31. The Balaban J connectivity index is 2.51. The van der Waals surface area contributed by atoms with E-state index in [0.29, 0.717) is 0 Å². The first-order chi connectivity index (χ1) is 7.98. The molecule has 17 heavy (non-hydrogen) atoms. The van der Waals surface area contributed by atoms with E-state index in [0.717, 1.165) is 38.8 Å². The van der Waals surface area contributed by atoms with Crippen LogP contribution in [-0.2, 0) is 4.74 Å². The minimum Gasteiger partial charge on any atom is -0.443 e. The van der Waals surface area contributed by atoms with Crippen molar-refractivity contribution in [3.8, 4) is 0 Å². The van der Waals surface area contributed by atoms with Crippen LogP contribution in [0.25, 0.3) is 0 Å². The van der Waals surface area contributed by atoms with Gasteiger partial charge in [0.15, 0.2) is 0 Å². The fourth-order valence-electron chi connectivity index (χ4n) is 2.18. The summed E-state index contributed by atoms with van der Waals surface area (Å²) < 4.78 is 5.57. The van der Waals surface area contributed by atoms with Gasteiger partial charge in [0.05, 0.1) is 0 Å². The number of carbonyl (C=O) groups is 1. The fourth-order valence-corrected chi connectivity index (χ4v) is 2.18. The molecule has 0 aromatic carbocycles. The number of nitrogens with zero attached hydrogens (tertiary/aromatic N) is 1. The fraction of sp³-hybridized carbons (Fsp3) is 0.786. The van der Waals surface area contributed by atoms with E-state index < -0.39 is 0 Å². The molecule has 1 aliphatic rings. The van der Waals surface area contributed by atoms with Crippen LogP contribution in [0, 0.1) is 0 Å². The highest BCUT2D eigenvalue weighted by atomic mass is 16.6. The summed E-state index contributed by atoms with van der Waals surface area (Å²) in [5.41, 5.74) is 0.987. The molecule has 1 aliphatic heterocycles. The second-order valence-corrected chi connectivity index (χ2v) is 5.30. The third-order valence-corrected chi connectivity index (χ3v) is 3.15. The Hall–Kier alpha value is -0.990. The first-order valence-corrected chi connectivity index (χ1v) is 6.64. The van der Waals surface area contributed by atoms with Crippen LogP contribution in [0.3, 0.4) is 0 Å². The topological polar surface area (TPSA) is 29.5 Å². The SMILES string of the molecule is CCCC(C)(C)OC(=O)N1CCC=C(CC)C1. The monoisotopic (exact) mass is 239 g/mol. The lowest BCUT2D eigenvalue weighted by molar-refractivity contribution is 0.00908. The van der Waals surface area contributed by atoms with Crippen LogP contribution in [-0.4, -0.2) is 29.7 Å². The van der Waals surface area contributed by atoms with E-state index in [1.54, 1.807) is 0 Å². The predicted molar refractivity (Wildman–Crippen MR) is 70.0 cm³/mol. The molecule has 0 N–H and O–H groups in total. The minimum absolute atomic E-state index is 0.164. The maximum absolute atomic E-state index is 12.0. The van der Waals surface area contributed by atoms with Crippen LogP contribution in [0.15, 0.2) is 11.6 Å². The summed E-state index contributed by atoms with van der Waals surface area (Å²) in [5.74, 6) is 0. The molecule has 0 atom stereocenters. The van der Waals surface area contributed by atoms with E-state index in [4.69, 9.17) is 4.74 Å². The Morgan fingerprint density at radius 2 is 2.18 bits per heavy atom. The number of ether oxygens (including phenoxy) is 1. The van der Waals surface area contributed by atoms with Crippen molar-refractivity contribution >= 4 is 6.09 Å². The molecule has 3 heteroatoms. The third-order valence-electron chi connectivity index (χ3n) is 3.15. The normalized spacial score (nSPS) is 16.7. The van der Waals surface area contributed by atoms with Gasteiger partial charge in [-0.25, -0.2) is 4.79 Å². The number of amides is 1. The second-order valence-electron chi connectivity index (χ2n) is 5.30. The summed E-state index contributed by atoms with van der Waals surface area (Å²) in [7, 11) is 0. The van der Waals surface area contributed by atoms with E-state index in [-0.39, 0.29) is 11.7 Å². The minimum atomic E-state index is -0.348. The van der Waals surface area contributed by atoms with Gasteiger partial charge in [-0.05, 0) is 33.1 Å². The summed E-state index contributed by atoms with van der Waals surface area (Å²) in [4.78, 5) is 13.8. The number of hydrogen-bond donors (Lipinski definition) is 0. The van der Waals surface area contributed by atoms with E-state index in [1.165, 1.54) is 5.57 Å². The van der Waals surface area contributed by atoms with Gasteiger partial charge >= 0.3 is 6.09 Å². The van der Waals surface area contributed by atoms with E-state index in [2.05, 4.69) is 19.9 Å². The maximum Gasteiger partial charge on any atom is 0.410 e. The van der Waals surface area contributed by atoms with Crippen LogP contribution in [0.4, 0.5) is 4.79 Å². The number of hydrogen-bond acceptors (Lipinski definition) is 2. The average molecular weight is 239 g/mol. The zero-order chi connectivity index (χ0) is 12.9. The van der Waals surface area contributed by atoms with Crippen molar-refractivity contribution < 1.29 is 9.53 Å². The van der Waals surface area contributed by atoms with Gasteiger partial charge in [-0.3, -0.25) is 0 Å². The molecular formula is C14H25NO2. The molecule has 0 saturated carbocycles. The van der Waals surface area contributed by atoms with Gasteiger partial charge in [0.25, 0.3) is 0 Å². The lowest BCUT2D eigenvalue weighted by Crippen LogP contribution is -2.40. The zero-order valence-corrected chi connectivity index (χ0v) is 11.6. The molecule has 0 aliphatic carbocycles. The summed E-state index contributed by atoms with van der Waals surface area (Å²) in [6.45, 7) is 9.71. The Morgan fingerprint density at radius 1 is 1.47 bits per heavy atom. The summed E-state index contributed by atoms with van der Waals surface area (Å²) in [6, 6.07) is 0. The lowest BCUT2D eigenvalue weighted by atomic mass is 10.0. The van der Waals surface area contributed by atoms with Crippen LogP contribution in [0.1, 0.15) is 53.4 Å². The highest BCUT2D eigenvalue weighted by Gasteiger charge is 2.26. The molecule has 98 valence electrons. The first kappa shape index (κ1) is 14.1. The van der Waals surface area contributed by atoms with Crippen molar-refractivity contribution in [3.05, 3.63) is 11.6 Å². The molecule has 0 fully saturated rings. The molecule has 1 amide bonds. The summed E-state index contributed by atoms with van der Waals surface area (Å²) in [6.07, 6.45) is 5.97. The summed E-state index contributed by atoms with van der Waals surface area (Å²) >= 11 is 0. The van der Waals surface area contributed by atoms with Gasteiger partial charge in [-0.1, -0.05) is 31.9 Å². The van der Waals surface area contributed by atoms with Crippen molar-refractivity contribution in [2.24, 2.45) is 0 Å². The van der Waals surface area contributed by atoms with Gasteiger partial charge in [0.1, 0.15) is 5.60 Å². The van der Waals surface area contributed by atoms with E-state index in [1.807, 2.05) is 18.7 Å². The van der Waals surface area contributed by atoms with Gasteiger partial charge in [0, 0.05) is 13.1 Å². The smallest absolute Gasteiger partial charge is 0.410 e. The van der Waals surface area contributed by atoms with Crippen molar-refractivity contribution in [2.45, 2.75) is 59.0 Å². The van der Waals surface area contributed by atoms with Crippen LogP contribution < -0.4 is 0 Å². The Labute approximate surface area is 105 Å². The molecule has 0 bridgehead atoms. The molecule has 0 aromatic rings. The molecule has 0 radical (unpaired) electrons. The molecule has 0 spiro atoms. The highest BCUT2D eigenvalue weighted by molar-refractivity contribution is 5.68. The van der Waals surface area contributed by atoms with Crippen LogP contribution in [0.5, 0.6) is 0 Å². The molecule has 3 nitrogen and oxygen atoms in total. The van der Waals surface area contributed by atoms with Gasteiger partial charge in [-0.15, -0.1) is 0 Å². The molecule has 1 rings (SSSR count). The average Bonchev–Trinajstić information content (AvgIpc) is 2.28. The Morgan fingerprint density at radius 3 is 2.76 bits per heavy atom. The molecule has 1 heterocycles. The van der Waals surface area contributed by atoms with Gasteiger partial charge in [-0.2, -0.15) is 0 Å². The van der Waals surface area contributed by atoms with Crippen molar-refractivity contribution in [1.29, 1.82) is 0 Å². The molecular weight excluding hydrogens is 214 g/mol. The summed E-state index contributed by atoms with van der Waals surface area (Å²) in [5, 5.41) is 0. The largest absolute Gasteiger partial charge is 0.443 e. The van der Waals surface area contributed by atoms with Crippen LogP contribution >= 0.6 is 0 Å². The third kappa shape index (κ3) is 4.41. The maximum atomic E-state index is 12.0. The zero-order valence-electron chi connectivity index (χ0n) is 11.6. The quantitative estimate of drug-likeness (QED) is 0.699. The standard InChI is InChI=1S/C14H25NO2/c1-5-9-14(3,4)17-13(16)15-10-7-8-12(6-2)11-15/h8H,5-7,9-11H2,1-4H3. The highest BCUT2D eigenvalue weighted by Crippen LogP contribution is 2.20. The number of carbonyl (C=O) groups excluding carboxylic acids is 1. The van der Waals surface area contributed by atoms with Gasteiger partial charge < -0.3 is 9.64 Å². The first-order valence-electron chi connectivity index (χ1n) is 6.64. The number of rotatable bonds is 4. The van der Waals surface area contributed by atoms with Crippen molar-refractivity contribution in [1.82, 2.24) is 4.90 Å². The molecule has 0 aromatic heterocycles. The Bertz CT molecular complexity index is 295. The predicted octanol–water partition coefficient (Wildman–Crippen LogP) is 3.74. The Kier molecular flexibility index (Phi) is 5.03. The van der Waals surface area contributed by atoms with Crippen molar-refractivity contribution in [2.75, 3.05) is 13.1 Å². The second kappa shape index (κ2) is 6.08. The van der Waals surface area contributed by atoms with Crippen molar-refractivity contribution in [3.63, 3.8) is 0 Å². The van der Waals surface area contributed by atoms with Gasteiger partial charge in [0.2, 0.25) is 0 Å².